The molecule has 104 valence electrons. The van der Waals surface area contributed by atoms with Crippen LogP contribution in [0.4, 0.5) is 0 Å². The predicted molar refractivity (Wildman–Crippen MR) is 47.9 cm³/mol. The van der Waals surface area contributed by atoms with Crippen molar-refractivity contribution < 1.29 is 56.6 Å². The molecule has 0 saturated heterocycles. The number of rotatable bonds is 7. The van der Waals surface area contributed by atoms with Gasteiger partial charge in [0.2, 0.25) is 0 Å². The van der Waals surface area contributed by atoms with Crippen molar-refractivity contribution in [2.45, 2.75) is 5.75 Å². The van der Waals surface area contributed by atoms with Crippen molar-refractivity contribution in [3.05, 3.63) is 0 Å². The molecule has 0 saturated carbocycles. The minimum atomic E-state index is -5.25. The lowest BCUT2D eigenvalue weighted by Gasteiger charge is -2.15. The topological polar surface area (TPSA) is 189 Å². The Morgan fingerprint density at radius 2 is 1.29 bits per heavy atom. The highest BCUT2D eigenvalue weighted by Crippen LogP contribution is 2.52. The van der Waals surface area contributed by atoms with Crippen LogP contribution in [0.5, 0.6) is 0 Å². The van der Waals surface area contributed by atoms with Crippen molar-refractivity contribution in [2.24, 2.45) is 0 Å². The SMILES string of the molecule is O=P(O)(O)OOP(=O)(O)OC(Cl)OP(=O)(O)O. The summed E-state index contributed by atoms with van der Waals surface area (Å²) in [6.07, 6.45) is 0. The first kappa shape index (κ1) is 17.6. The second-order valence-corrected chi connectivity index (χ2v) is 6.06. The summed E-state index contributed by atoms with van der Waals surface area (Å²) in [4.78, 5) is 41.2. The van der Waals surface area contributed by atoms with Crippen LogP contribution in [0, 0.1) is 0 Å². The fourth-order valence-corrected chi connectivity index (χ4v) is 2.25. The van der Waals surface area contributed by atoms with Crippen LogP contribution in [-0.4, -0.2) is 30.2 Å². The minimum absolute atomic E-state index is 2.42. The van der Waals surface area contributed by atoms with Crippen molar-refractivity contribution >= 4 is 35.1 Å². The Bertz CT molecular complexity index is 377. The highest BCUT2D eigenvalue weighted by atomic mass is 35.5. The van der Waals surface area contributed by atoms with Gasteiger partial charge in [0.15, 0.2) is 0 Å². The summed E-state index contributed by atoms with van der Waals surface area (Å²) in [7, 11) is -15.6. The standard InChI is InChI=1S/CH6ClO12P3/c2-1(11-15(3,4)5)12-17(9,10)14-13-16(6,7)8/h1H,(H,9,10)(H2,3,4,5)(H2,6,7,8). The van der Waals surface area contributed by atoms with Crippen LogP contribution in [-0.2, 0) is 32.1 Å². The normalized spacial score (nSPS) is 18.7. The maximum atomic E-state index is 10.8. The molecule has 17 heavy (non-hydrogen) atoms. The summed E-state index contributed by atoms with van der Waals surface area (Å²) >= 11 is 4.90. The van der Waals surface area contributed by atoms with E-state index in [1.54, 1.807) is 0 Å². The van der Waals surface area contributed by atoms with Crippen LogP contribution in [0.1, 0.15) is 0 Å². The van der Waals surface area contributed by atoms with Gasteiger partial charge in [-0.05, 0) is 0 Å². The monoisotopic (exact) mass is 338 g/mol. The van der Waals surface area contributed by atoms with Gasteiger partial charge in [-0.3, -0.25) is 0 Å². The minimum Gasteiger partial charge on any atom is -0.303 e. The maximum Gasteiger partial charge on any atom is 0.503 e. The Morgan fingerprint density at radius 1 is 0.824 bits per heavy atom. The van der Waals surface area contributed by atoms with Gasteiger partial charge in [0.25, 0.3) is 5.75 Å². The van der Waals surface area contributed by atoms with E-state index in [1.165, 1.54) is 0 Å². The summed E-state index contributed by atoms with van der Waals surface area (Å²) in [5, 5.41) is 0. The molecule has 0 bridgehead atoms. The molecular weight excluding hydrogens is 332 g/mol. The third-order valence-corrected chi connectivity index (χ3v) is 2.66. The van der Waals surface area contributed by atoms with E-state index in [-0.39, 0.29) is 0 Å². The molecule has 5 N–H and O–H groups in total. The molecule has 0 spiro atoms. The van der Waals surface area contributed by atoms with Crippen LogP contribution in [0.25, 0.3) is 0 Å². The first-order chi connectivity index (χ1) is 7.31. The molecular formula is CH6ClO12P3. The van der Waals surface area contributed by atoms with E-state index >= 15 is 0 Å². The molecule has 0 aromatic carbocycles. The molecule has 0 fully saturated rings. The van der Waals surface area contributed by atoms with Gasteiger partial charge in [-0.25, -0.2) is 22.7 Å². The van der Waals surface area contributed by atoms with E-state index in [9.17, 15) is 13.7 Å². The van der Waals surface area contributed by atoms with E-state index in [4.69, 9.17) is 36.1 Å². The Balaban J connectivity index is 4.31. The third-order valence-electron chi connectivity index (χ3n) is 0.661. The van der Waals surface area contributed by atoms with E-state index < -0.39 is 29.2 Å². The smallest absolute Gasteiger partial charge is 0.303 e. The summed E-state index contributed by atoms with van der Waals surface area (Å²) in [5.74, 6) is -2.42. The number of halogens is 1. The predicted octanol–water partition coefficient (Wildman–Crippen LogP) is -0.224. The molecule has 0 aromatic rings. The molecule has 0 rings (SSSR count). The number of phosphoric ester groups is 2. The largest absolute Gasteiger partial charge is 0.503 e. The lowest BCUT2D eigenvalue weighted by molar-refractivity contribution is -0.154. The van der Waals surface area contributed by atoms with Crippen molar-refractivity contribution in [3.63, 3.8) is 0 Å². The van der Waals surface area contributed by atoms with Gasteiger partial charge in [0, 0.05) is 0 Å². The number of hydrogen-bond donors (Lipinski definition) is 5. The van der Waals surface area contributed by atoms with Gasteiger partial charge >= 0.3 is 23.5 Å². The van der Waals surface area contributed by atoms with E-state index in [1.807, 2.05) is 0 Å². The van der Waals surface area contributed by atoms with Gasteiger partial charge in [0.1, 0.15) is 0 Å². The van der Waals surface area contributed by atoms with Crippen molar-refractivity contribution in [2.75, 3.05) is 0 Å². The molecule has 16 heteroatoms. The Labute approximate surface area is 98.0 Å². The fraction of sp³-hybridized carbons (Fsp3) is 1.00. The number of phosphoric acid groups is 3. The summed E-state index contributed by atoms with van der Waals surface area (Å²) < 4.78 is 44.7. The van der Waals surface area contributed by atoms with Crippen molar-refractivity contribution in [1.29, 1.82) is 0 Å². The van der Waals surface area contributed by atoms with Crippen molar-refractivity contribution in [3.8, 4) is 0 Å². The van der Waals surface area contributed by atoms with Gasteiger partial charge in [-0.1, -0.05) is 11.6 Å². The zero-order valence-electron chi connectivity index (χ0n) is 7.39. The Morgan fingerprint density at radius 3 is 1.65 bits per heavy atom. The molecule has 0 aliphatic carbocycles. The highest BCUT2D eigenvalue weighted by Gasteiger charge is 2.34. The van der Waals surface area contributed by atoms with Crippen molar-refractivity contribution in [1.82, 2.24) is 0 Å². The summed E-state index contributed by atoms with van der Waals surface area (Å²) in [6, 6.07) is 0. The van der Waals surface area contributed by atoms with Crippen LogP contribution >= 0.6 is 35.1 Å². The first-order valence-corrected chi connectivity index (χ1v) is 8.13. The van der Waals surface area contributed by atoms with Crippen LogP contribution in [0.2, 0.25) is 0 Å². The highest BCUT2D eigenvalue weighted by molar-refractivity contribution is 7.49. The average Bonchev–Trinajstić information content (AvgIpc) is 1.94. The second kappa shape index (κ2) is 6.18. The summed E-state index contributed by atoms with van der Waals surface area (Å²) in [5.41, 5.74) is 0. The van der Waals surface area contributed by atoms with Crippen LogP contribution in [0.15, 0.2) is 0 Å². The molecule has 0 aromatic heterocycles. The zero-order chi connectivity index (χ0) is 13.9. The molecule has 2 unspecified atom stereocenters. The number of hydrogen-bond acceptors (Lipinski definition) is 7. The molecule has 0 aliphatic rings. The third kappa shape index (κ3) is 11.4. The Kier molecular flexibility index (Phi) is 6.40. The van der Waals surface area contributed by atoms with Gasteiger partial charge in [-0.2, -0.15) is 0 Å². The van der Waals surface area contributed by atoms with Gasteiger partial charge < -0.3 is 24.5 Å². The van der Waals surface area contributed by atoms with E-state index in [0.29, 0.717) is 0 Å². The van der Waals surface area contributed by atoms with Crippen LogP contribution in [0.3, 0.4) is 0 Å². The van der Waals surface area contributed by atoms with E-state index in [0.717, 1.165) is 0 Å². The number of alkyl halides is 1. The average molecular weight is 338 g/mol. The molecule has 0 heterocycles. The Hall–Kier alpha value is 0.620. The molecule has 0 radical (unpaired) electrons. The van der Waals surface area contributed by atoms with Gasteiger partial charge in [0.05, 0.1) is 0 Å². The first-order valence-electron chi connectivity index (χ1n) is 3.13. The molecule has 12 nitrogen and oxygen atoms in total. The van der Waals surface area contributed by atoms with E-state index in [2.05, 4.69) is 18.4 Å². The zero-order valence-corrected chi connectivity index (χ0v) is 10.8. The molecule has 0 aliphatic heterocycles. The molecule has 2 atom stereocenters. The lowest BCUT2D eigenvalue weighted by atomic mass is 11.5. The molecule has 0 amide bonds. The van der Waals surface area contributed by atoms with Gasteiger partial charge in [-0.15, -0.1) is 9.35 Å². The van der Waals surface area contributed by atoms with Crippen LogP contribution < -0.4 is 0 Å². The fourth-order valence-electron chi connectivity index (χ4n) is 0.335. The maximum absolute atomic E-state index is 10.8. The summed E-state index contributed by atoms with van der Waals surface area (Å²) in [6.45, 7) is 0. The lowest BCUT2D eigenvalue weighted by Crippen LogP contribution is -2.08. The second-order valence-electron chi connectivity index (χ2n) is 2.08. The quantitative estimate of drug-likeness (QED) is 0.135.